The lowest BCUT2D eigenvalue weighted by Gasteiger charge is -2.40. The van der Waals surface area contributed by atoms with Crippen LogP contribution < -0.4 is 5.73 Å². The maximum Gasteiger partial charge on any atom is 0.255 e. The summed E-state index contributed by atoms with van der Waals surface area (Å²) in [5.74, 6) is -0.491. The normalized spacial score (nSPS) is 42.4. The molecule has 0 saturated carbocycles. The lowest BCUT2D eigenvalue weighted by Crippen LogP contribution is -2.59. The molecule has 3 fully saturated rings. The molecule has 106 valence electrons. The van der Waals surface area contributed by atoms with Gasteiger partial charge in [-0.1, -0.05) is 30.3 Å². The second-order valence-electron chi connectivity index (χ2n) is 5.27. The van der Waals surface area contributed by atoms with Gasteiger partial charge in [0.25, 0.3) is 5.91 Å². The van der Waals surface area contributed by atoms with Gasteiger partial charge in [0.15, 0.2) is 6.29 Å². The Bertz CT molecular complexity index is 536. The molecule has 0 radical (unpaired) electrons. The molecule has 6 nitrogen and oxygen atoms in total. The van der Waals surface area contributed by atoms with Gasteiger partial charge in [0.2, 0.25) is 5.60 Å². The molecule has 5 atom stereocenters. The Labute approximate surface area is 115 Å². The van der Waals surface area contributed by atoms with E-state index >= 15 is 0 Å². The molecule has 0 aliphatic carbocycles. The summed E-state index contributed by atoms with van der Waals surface area (Å²) < 4.78 is 22.7. The standard InChI is InChI=1S/C14H15NO5/c15-13(16)14-10(20-14)7-17-9-6-18-12(19-11(9)14)8-4-2-1-3-5-8/h1-5,9-12H,6-7H2,(H2,15,16)/t9-,10-,11-,12-,14-/m1/s1. The topological polar surface area (TPSA) is 83.3 Å². The number of epoxide rings is 1. The van der Waals surface area contributed by atoms with Crippen molar-refractivity contribution in [2.45, 2.75) is 30.2 Å². The van der Waals surface area contributed by atoms with Crippen molar-refractivity contribution in [1.82, 2.24) is 0 Å². The van der Waals surface area contributed by atoms with E-state index < -0.39 is 23.9 Å². The lowest BCUT2D eigenvalue weighted by molar-refractivity contribution is -0.281. The Morgan fingerprint density at radius 3 is 2.75 bits per heavy atom. The first-order valence-corrected chi connectivity index (χ1v) is 6.63. The summed E-state index contributed by atoms with van der Waals surface area (Å²) in [6.07, 6.45) is -1.66. The van der Waals surface area contributed by atoms with Gasteiger partial charge in [-0.15, -0.1) is 0 Å². The summed E-state index contributed by atoms with van der Waals surface area (Å²) in [5.41, 5.74) is 5.35. The molecule has 4 rings (SSSR count). The van der Waals surface area contributed by atoms with Gasteiger partial charge in [-0.3, -0.25) is 4.79 Å². The fraction of sp³-hybridized carbons (Fsp3) is 0.500. The monoisotopic (exact) mass is 277 g/mol. The van der Waals surface area contributed by atoms with Crippen molar-refractivity contribution < 1.29 is 23.7 Å². The fourth-order valence-electron chi connectivity index (χ4n) is 3.00. The molecule has 0 bridgehead atoms. The van der Waals surface area contributed by atoms with Crippen LogP contribution >= 0.6 is 0 Å². The summed E-state index contributed by atoms with van der Waals surface area (Å²) in [6, 6.07) is 9.56. The van der Waals surface area contributed by atoms with E-state index in [1.807, 2.05) is 30.3 Å². The second kappa shape index (κ2) is 4.26. The van der Waals surface area contributed by atoms with Gasteiger partial charge in [-0.05, 0) is 0 Å². The predicted molar refractivity (Wildman–Crippen MR) is 66.5 cm³/mol. The molecular weight excluding hydrogens is 262 g/mol. The van der Waals surface area contributed by atoms with Crippen LogP contribution in [-0.2, 0) is 23.7 Å². The zero-order valence-electron chi connectivity index (χ0n) is 10.7. The molecule has 1 aromatic carbocycles. The van der Waals surface area contributed by atoms with E-state index in [4.69, 9.17) is 24.7 Å². The first-order valence-electron chi connectivity index (χ1n) is 6.63. The number of ether oxygens (including phenoxy) is 4. The number of hydrogen-bond donors (Lipinski definition) is 1. The van der Waals surface area contributed by atoms with Gasteiger partial charge in [0.05, 0.1) is 13.2 Å². The maximum absolute atomic E-state index is 11.7. The van der Waals surface area contributed by atoms with Gasteiger partial charge in [0, 0.05) is 5.56 Å². The number of rotatable bonds is 2. The average Bonchev–Trinajstić information content (AvgIpc) is 3.24. The van der Waals surface area contributed by atoms with Gasteiger partial charge < -0.3 is 24.7 Å². The van der Waals surface area contributed by atoms with Crippen LogP contribution in [0.15, 0.2) is 30.3 Å². The highest BCUT2D eigenvalue weighted by atomic mass is 16.7. The molecular formula is C14H15NO5. The number of amides is 1. The summed E-state index contributed by atoms with van der Waals surface area (Å²) in [5, 5.41) is 0. The largest absolute Gasteiger partial charge is 0.370 e. The number of carbonyl (C=O) groups excluding carboxylic acids is 1. The molecule has 3 aliphatic rings. The van der Waals surface area contributed by atoms with E-state index in [2.05, 4.69) is 0 Å². The Kier molecular flexibility index (Phi) is 2.62. The molecule has 3 aliphatic heterocycles. The lowest BCUT2D eigenvalue weighted by atomic mass is 9.90. The van der Waals surface area contributed by atoms with Crippen molar-refractivity contribution in [3.8, 4) is 0 Å². The van der Waals surface area contributed by atoms with Crippen molar-refractivity contribution in [1.29, 1.82) is 0 Å². The van der Waals surface area contributed by atoms with E-state index in [9.17, 15) is 4.79 Å². The van der Waals surface area contributed by atoms with Crippen molar-refractivity contribution in [3.05, 3.63) is 35.9 Å². The van der Waals surface area contributed by atoms with Gasteiger partial charge in [-0.25, -0.2) is 0 Å². The van der Waals surface area contributed by atoms with Crippen molar-refractivity contribution >= 4 is 5.91 Å². The van der Waals surface area contributed by atoms with Crippen LogP contribution in [0.4, 0.5) is 0 Å². The predicted octanol–water partition coefficient (Wildman–Crippen LogP) is 0.122. The van der Waals surface area contributed by atoms with E-state index in [1.165, 1.54) is 0 Å². The smallest absolute Gasteiger partial charge is 0.255 e. The number of hydrogen-bond acceptors (Lipinski definition) is 5. The van der Waals surface area contributed by atoms with Crippen LogP contribution in [0.5, 0.6) is 0 Å². The summed E-state index contributed by atoms with van der Waals surface area (Å²) >= 11 is 0. The van der Waals surface area contributed by atoms with Crippen molar-refractivity contribution in [2.24, 2.45) is 5.73 Å². The minimum absolute atomic E-state index is 0.296. The fourth-order valence-corrected chi connectivity index (χ4v) is 3.00. The van der Waals surface area contributed by atoms with E-state index in [1.54, 1.807) is 0 Å². The highest BCUT2D eigenvalue weighted by Crippen LogP contribution is 2.49. The second-order valence-corrected chi connectivity index (χ2v) is 5.27. The van der Waals surface area contributed by atoms with Crippen LogP contribution in [0.1, 0.15) is 11.9 Å². The van der Waals surface area contributed by atoms with E-state index in [-0.39, 0.29) is 12.2 Å². The molecule has 1 amide bonds. The number of benzene rings is 1. The third-order valence-corrected chi connectivity index (χ3v) is 4.12. The van der Waals surface area contributed by atoms with E-state index in [0.717, 1.165) is 5.56 Å². The number of primary amides is 1. The van der Waals surface area contributed by atoms with Crippen LogP contribution in [0.3, 0.4) is 0 Å². The van der Waals surface area contributed by atoms with Gasteiger partial charge in [0.1, 0.15) is 18.3 Å². The number of carbonyl (C=O) groups is 1. The molecule has 1 aromatic rings. The molecule has 6 heteroatoms. The Hall–Kier alpha value is -1.47. The zero-order chi connectivity index (χ0) is 13.7. The zero-order valence-corrected chi connectivity index (χ0v) is 10.7. The maximum atomic E-state index is 11.7. The Balaban J connectivity index is 1.61. The van der Waals surface area contributed by atoms with Gasteiger partial charge >= 0.3 is 0 Å². The molecule has 0 unspecified atom stereocenters. The molecule has 0 aromatic heterocycles. The van der Waals surface area contributed by atoms with Crippen LogP contribution in [0.2, 0.25) is 0 Å². The quantitative estimate of drug-likeness (QED) is 0.776. The minimum atomic E-state index is -1.04. The van der Waals surface area contributed by atoms with Crippen LogP contribution in [-0.4, -0.2) is 43.0 Å². The minimum Gasteiger partial charge on any atom is -0.370 e. The van der Waals surface area contributed by atoms with Crippen molar-refractivity contribution in [3.63, 3.8) is 0 Å². The van der Waals surface area contributed by atoms with Crippen molar-refractivity contribution in [2.75, 3.05) is 13.2 Å². The Morgan fingerprint density at radius 1 is 1.20 bits per heavy atom. The average molecular weight is 277 g/mol. The van der Waals surface area contributed by atoms with Gasteiger partial charge in [-0.2, -0.15) is 0 Å². The third-order valence-electron chi connectivity index (χ3n) is 4.12. The first kappa shape index (κ1) is 12.3. The first-order chi connectivity index (χ1) is 9.72. The third kappa shape index (κ3) is 1.63. The summed E-state index contributed by atoms with van der Waals surface area (Å²) in [4.78, 5) is 11.7. The molecule has 3 heterocycles. The molecule has 3 saturated heterocycles. The summed E-state index contributed by atoms with van der Waals surface area (Å²) in [7, 11) is 0. The Morgan fingerprint density at radius 2 is 2.00 bits per heavy atom. The molecule has 20 heavy (non-hydrogen) atoms. The highest BCUT2D eigenvalue weighted by molar-refractivity contribution is 5.88. The highest BCUT2D eigenvalue weighted by Gasteiger charge is 2.72. The number of fused-ring (bicyclic) bond motifs is 3. The molecule has 0 spiro atoms. The molecule has 2 N–H and O–H groups in total. The van der Waals surface area contributed by atoms with Crippen LogP contribution in [0.25, 0.3) is 0 Å². The number of nitrogens with two attached hydrogens (primary N) is 1. The summed E-state index contributed by atoms with van der Waals surface area (Å²) in [6.45, 7) is 0.710. The van der Waals surface area contributed by atoms with E-state index in [0.29, 0.717) is 13.2 Å². The SMILES string of the molecule is NC(=O)[C@@]12O[C@@H]1CO[C@@H]1CO[C@@H](c3ccccc3)O[C@H]12. The van der Waals surface area contributed by atoms with Crippen LogP contribution in [0, 0.1) is 0 Å².